The Labute approximate surface area is 413 Å². The lowest BCUT2D eigenvalue weighted by atomic mass is 9.92. The number of esters is 4. The number of carbonyl (C=O) groups excluding carboxylic acids is 4. The number of carbonyl (C=O) groups is 6. The largest absolute Gasteiger partial charge is 0.481 e. The third-order valence-corrected chi connectivity index (χ3v) is 12.5. The summed E-state index contributed by atoms with van der Waals surface area (Å²) in [6, 6.07) is 0. The molecule has 398 valence electrons. The second kappa shape index (κ2) is 48.8. The number of carboxylic acids is 2. The zero-order chi connectivity index (χ0) is 50.0. The Balaban J connectivity index is 5.06. The van der Waals surface area contributed by atoms with Gasteiger partial charge in [0.2, 0.25) is 0 Å². The Morgan fingerprint density at radius 3 is 0.735 bits per heavy atom. The van der Waals surface area contributed by atoms with Crippen molar-refractivity contribution >= 4 is 35.8 Å². The molecule has 0 aromatic carbocycles. The van der Waals surface area contributed by atoms with E-state index in [9.17, 15) is 28.8 Å². The van der Waals surface area contributed by atoms with Gasteiger partial charge in [0.1, 0.15) is 31.8 Å². The highest BCUT2D eigenvalue weighted by Gasteiger charge is 2.38. The molecule has 0 bridgehead atoms. The molecule has 0 spiro atoms. The van der Waals surface area contributed by atoms with Crippen molar-refractivity contribution in [1.82, 2.24) is 0 Å². The fraction of sp³-hybridized carbons (Fsp3) is 0.891. The second-order valence-electron chi connectivity index (χ2n) is 19.4. The van der Waals surface area contributed by atoms with Gasteiger partial charge in [0, 0.05) is 51.7 Å². The number of unbranched alkanes of at least 4 members (excludes halogenated alkanes) is 29. The summed E-state index contributed by atoms with van der Waals surface area (Å²) in [6.07, 6.45) is 35.5. The molecule has 2 N–H and O–H groups in total. The number of carboxylic acid groups (broad SMARTS) is 2. The molecule has 0 saturated carbocycles. The third-order valence-electron chi connectivity index (χ3n) is 12.5. The lowest BCUT2D eigenvalue weighted by Crippen LogP contribution is -2.44. The number of hydrogen-bond donors (Lipinski definition) is 2. The Morgan fingerprint density at radius 1 is 0.294 bits per heavy atom. The Hall–Kier alpha value is -3.22. The fourth-order valence-electron chi connectivity index (χ4n) is 8.00. The van der Waals surface area contributed by atoms with Gasteiger partial charge in [-0.1, -0.05) is 181 Å². The monoisotopic (exact) mass is 969 g/mol. The van der Waals surface area contributed by atoms with Crippen LogP contribution >= 0.6 is 0 Å². The summed E-state index contributed by atoms with van der Waals surface area (Å²) in [7, 11) is 0. The maximum atomic E-state index is 13.1. The standard InChI is InChI=1S/C55H100O13/c1-3-5-7-21-31-39-51(60)65-45-55(46-66-52(61)40-32-22-8-6-4-2,48-68-54(63)42-34-26-28-36-44-64-43-35-27-20-19-24-30-38-50(58)59)47-67-53(62)41-33-25-18-16-14-12-10-9-11-13-15-17-23-29-37-49(56)57/h3-48H2,1-2H3,(H,56,57)(H,58,59). The first kappa shape index (κ1) is 64.8. The van der Waals surface area contributed by atoms with Gasteiger partial charge in [0.25, 0.3) is 0 Å². The summed E-state index contributed by atoms with van der Waals surface area (Å²) in [6.45, 7) is 4.78. The van der Waals surface area contributed by atoms with Crippen LogP contribution in [0.5, 0.6) is 0 Å². The smallest absolute Gasteiger partial charge is 0.305 e. The van der Waals surface area contributed by atoms with Crippen LogP contribution in [0.1, 0.15) is 271 Å². The molecular formula is C55H100O13. The zero-order valence-electron chi connectivity index (χ0n) is 43.4. The van der Waals surface area contributed by atoms with Crippen LogP contribution in [0, 0.1) is 5.41 Å². The molecule has 0 aromatic rings. The van der Waals surface area contributed by atoms with E-state index in [0.29, 0.717) is 38.9 Å². The van der Waals surface area contributed by atoms with Crippen molar-refractivity contribution in [2.75, 3.05) is 39.6 Å². The molecule has 68 heavy (non-hydrogen) atoms. The molecule has 0 atom stereocenters. The van der Waals surface area contributed by atoms with Crippen molar-refractivity contribution < 1.29 is 62.7 Å². The van der Waals surface area contributed by atoms with Gasteiger partial charge in [0.05, 0.1) is 0 Å². The van der Waals surface area contributed by atoms with Gasteiger partial charge < -0.3 is 33.9 Å². The van der Waals surface area contributed by atoms with Crippen LogP contribution in [0.25, 0.3) is 0 Å². The molecule has 0 aliphatic heterocycles. The normalized spacial score (nSPS) is 11.4. The van der Waals surface area contributed by atoms with Crippen LogP contribution in [0.15, 0.2) is 0 Å². The van der Waals surface area contributed by atoms with E-state index in [-0.39, 0.29) is 82.9 Å². The van der Waals surface area contributed by atoms with E-state index >= 15 is 0 Å². The van der Waals surface area contributed by atoms with Gasteiger partial charge in [-0.2, -0.15) is 0 Å². The van der Waals surface area contributed by atoms with E-state index in [1.807, 2.05) is 0 Å². The predicted molar refractivity (Wildman–Crippen MR) is 268 cm³/mol. The molecule has 13 heteroatoms. The van der Waals surface area contributed by atoms with Gasteiger partial charge >= 0.3 is 35.8 Å². The molecule has 0 aromatic heterocycles. The van der Waals surface area contributed by atoms with Crippen LogP contribution in [0.4, 0.5) is 0 Å². The summed E-state index contributed by atoms with van der Waals surface area (Å²) < 4.78 is 28.9. The summed E-state index contributed by atoms with van der Waals surface area (Å²) in [5, 5.41) is 17.5. The highest BCUT2D eigenvalue weighted by atomic mass is 16.6. The second-order valence-corrected chi connectivity index (χ2v) is 19.4. The maximum absolute atomic E-state index is 13.1. The lowest BCUT2D eigenvalue weighted by Gasteiger charge is -2.31. The molecule has 0 amide bonds. The summed E-state index contributed by atoms with van der Waals surface area (Å²) in [5.41, 5.74) is -1.25. The fourth-order valence-corrected chi connectivity index (χ4v) is 8.00. The summed E-state index contributed by atoms with van der Waals surface area (Å²) in [5.74, 6) is -3.01. The van der Waals surface area contributed by atoms with E-state index in [0.717, 1.165) is 148 Å². The highest BCUT2D eigenvalue weighted by molar-refractivity contribution is 5.71. The Bertz CT molecular complexity index is 1210. The molecule has 0 aliphatic carbocycles. The Morgan fingerprint density at radius 2 is 0.500 bits per heavy atom. The van der Waals surface area contributed by atoms with Gasteiger partial charge in [-0.3, -0.25) is 28.8 Å². The quantitative estimate of drug-likeness (QED) is 0.0333. The zero-order valence-corrected chi connectivity index (χ0v) is 43.4. The van der Waals surface area contributed by atoms with Crippen molar-refractivity contribution in [1.29, 1.82) is 0 Å². The van der Waals surface area contributed by atoms with Crippen LogP contribution in [0.2, 0.25) is 0 Å². The molecule has 0 unspecified atom stereocenters. The van der Waals surface area contributed by atoms with Crippen LogP contribution in [-0.4, -0.2) is 85.7 Å². The van der Waals surface area contributed by atoms with Crippen LogP contribution < -0.4 is 0 Å². The Kier molecular flexibility index (Phi) is 46.5. The number of ether oxygens (including phenoxy) is 5. The minimum Gasteiger partial charge on any atom is -0.481 e. The number of rotatable bonds is 53. The molecule has 0 radical (unpaired) electrons. The molecule has 0 fully saturated rings. The molecule has 0 aliphatic rings. The van der Waals surface area contributed by atoms with Gasteiger partial charge in [-0.25, -0.2) is 0 Å². The summed E-state index contributed by atoms with van der Waals surface area (Å²) >= 11 is 0. The molecule has 0 heterocycles. The third kappa shape index (κ3) is 46.5. The molecule has 13 nitrogen and oxygen atoms in total. The van der Waals surface area contributed by atoms with E-state index < -0.39 is 23.3 Å². The minimum atomic E-state index is -1.25. The first-order chi connectivity index (χ1) is 33.0. The van der Waals surface area contributed by atoms with Crippen molar-refractivity contribution in [2.45, 2.75) is 271 Å². The van der Waals surface area contributed by atoms with E-state index in [4.69, 9.17) is 33.9 Å². The van der Waals surface area contributed by atoms with E-state index in [1.165, 1.54) is 44.9 Å². The van der Waals surface area contributed by atoms with Crippen molar-refractivity contribution in [3.05, 3.63) is 0 Å². The van der Waals surface area contributed by atoms with Crippen molar-refractivity contribution in [2.24, 2.45) is 5.41 Å². The number of aliphatic carboxylic acids is 2. The predicted octanol–water partition coefficient (Wildman–Crippen LogP) is 14.0. The van der Waals surface area contributed by atoms with Crippen LogP contribution in [-0.2, 0) is 52.5 Å². The lowest BCUT2D eigenvalue weighted by molar-refractivity contribution is -0.171. The first-order valence-corrected chi connectivity index (χ1v) is 27.7. The number of hydrogen-bond acceptors (Lipinski definition) is 11. The van der Waals surface area contributed by atoms with Crippen molar-refractivity contribution in [3.63, 3.8) is 0 Å². The molecular weight excluding hydrogens is 869 g/mol. The maximum Gasteiger partial charge on any atom is 0.305 e. The average Bonchev–Trinajstić information content (AvgIpc) is 3.31. The van der Waals surface area contributed by atoms with Crippen molar-refractivity contribution in [3.8, 4) is 0 Å². The topological polar surface area (TPSA) is 189 Å². The molecule has 0 rings (SSSR count). The van der Waals surface area contributed by atoms with Gasteiger partial charge in [-0.15, -0.1) is 0 Å². The van der Waals surface area contributed by atoms with E-state index in [1.54, 1.807) is 0 Å². The van der Waals surface area contributed by atoms with E-state index in [2.05, 4.69) is 13.8 Å². The molecule has 0 saturated heterocycles. The first-order valence-electron chi connectivity index (χ1n) is 27.7. The average molecular weight is 969 g/mol. The minimum absolute atomic E-state index is 0.205. The van der Waals surface area contributed by atoms with Gasteiger partial charge in [0.15, 0.2) is 0 Å². The highest BCUT2D eigenvalue weighted by Crippen LogP contribution is 2.24. The SMILES string of the molecule is CCCCCCCC(=O)OCC(COC(=O)CCCCCCC)(COC(=O)CCCCCCCCCCCCCCCCC(=O)O)COC(=O)CCCCCCOCCCCCCCCC(=O)O. The summed E-state index contributed by atoms with van der Waals surface area (Å²) in [4.78, 5) is 73.3. The van der Waals surface area contributed by atoms with Gasteiger partial charge in [-0.05, 0) is 51.4 Å². The van der Waals surface area contributed by atoms with Crippen LogP contribution in [0.3, 0.4) is 0 Å².